The Morgan fingerprint density at radius 2 is 1.33 bits per heavy atom. The molecule has 2 unspecified atom stereocenters. The minimum Gasteiger partial charge on any atom is -0.341 e. The zero-order valence-electron chi connectivity index (χ0n) is 19.6. The summed E-state index contributed by atoms with van der Waals surface area (Å²) in [6, 6.07) is 16.1. The molecule has 2 aromatic rings. The number of carbonyl (C=O) groups is 3. The second-order valence-corrected chi connectivity index (χ2v) is 9.55. The van der Waals surface area contributed by atoms with E-state index in [9.17, 15) is 14.4 Å². The lowest BCUT2D eigenvalue weighted by Gasteiger charge is -2.38. The first-order valence-electron chi connectivity index (χ1n) is 11.9. The molecule has 6 nitrogen and oxygen atoms in total. The summed E-state index contributed by atoms with van der Waals surface area (Å²) in [6.07, 6.45) is 1.18. The third kappa shape index (κ3) is 5.50. The molecule has 0 radical (unpaired) electrons. The van der Waals surface area contributed by atoms with Gasteiger partial charge in [0.25, 0.3) is 5.91 Å². The average Bonchev–Trinajstić information content (AvgIpc) is 2.83. The summed E-state index contributed by atoms with van der Waals surface area (Å²) in [7, 11) is 0. The van der Waals surface area contributed by atoms with Gasteiger partial charge in [-0.25, -0.2) is 0 Å². The number of rotatable bonds is 5. The fraction of sp³-hybridized carbons (Fsp3) is 0.444. The second kappa shape index (κ2) is 10.3. The van der Waals surface area contributed by atoms with Crippen LogP contribution in [0.1, 0.15) is 46.5 Å². The second-order valence-electron chi connectivity index (χ2n) is 9.55. The fourth-order valence-electron chi connectivity index (χ4n) is 5.05. The van der Waals surface area contributed by atoms with Gasteiger partial charge in [0.15, 0.2) is 5.78 Å². The van der Waals surface area contributed by atoms with Crippen molar-refractivity contribution < 1.29 is 14.4 Å². The van der Waals surface area contributed by atoms with E-state index in [-0.39, 0.29) is 17.6 Å². The van der Waals surface area contributed by atoms with Gasteiger partial charge in [-0.05, 0) is 24.3 Å². The van der Waals surface area contributed by atoms with Crippen molar-refractivity contribution in [2.45, 2.75) is 20.3 Å². The van der Waals surface area contributed by atoms with E-state index >= 15 is 0 Å². The van der Waals surface area contributed by atoms with E-state index in [0.29, 0.717) is 61.2 Å². The van der Waals surface area contributed by atoms with Crippen LogP contribution in [0.25, 0.3) is 0 Å². The Morgan fingerprint density at radius 3 is 1.97 bits per heavy atom. The lowest BCUT2D eigenvalue weighted by Crippen LogP contribution is -2.53. The molecule has 0 N–H and O–H groups in total. The Kier molecular flexibility index (Phi) is 7.23. The van der Waals surface area contributed by atoms with Crippen molar-refractivity contribution >= 4 is 17.6 Å². The highest BCUT2D eigenvalue weighted by Gasteiger charge is 2.29. The Bertz CT molecular complexity index is 989. The number of carbonyl (C=O) groups excluding carboxylic acids is 3. The van der Waals surface area contributed by atoms with Crippen LogP contribution < -0.4 is 0 Å². The molecule has 2 heterocycles. The zero-order valence-corrected chi connectivity index (χ0v) is 19.6. The van der Waals surface area contributed by atoms with Gasteiger partial charge in [-0.2, -0.15) is 0 Å². The zero-order chi connectivity index (χ0) is 23.4. The van der Waals surface area contributed by atoms with Gasteiger partial charge >= 0.3 is 0 Å². The highest BCUT2D eigenvalue weighted by molar-refractivity contribution is 6.15. The van der Waals surface area contributed by atoms with E-state index in [1.165, 1.54) is 6.42 Å². The highest BCUT2D eigenvalue weighted by Crippen LogP contribution is 2.21. The number of piperidine rings is 1. The molecule has 2 fully saturated rings. The van der Waals surface area contributed by atoms with E-state index in [0.717, 1.165) is 13.1 Å². The quantitative estimate of drug-likeness (QED) is 0.661. The lowest BCUT2D eigenvalue weighted by atomic mass is 9.92. The van der Waals surface area contributed by atoms with Crippen LogP contribution in [0.2, 0.25) is 0 Å². The van der Waals surface area contributed by atoms with Crippen LogP contribution in [0.15, 0.2) is 54.6 Å². The number of hydrogen-bond acceptors (Lipinski definition) is 4. The molecular weight excluding hydrogens is 414 g/mol. The van der Waals surface area contributed by atoms with Gasteiger partial charge in [0, 0.05) is 50.4 Å². The van der Waals surface area contributed by atoms with Gasteiger partial charge in [-0.15, -0.1) is 0 Å². The predicted molar refractivity (Wildman–Crippen MR) is 128 cm³/mol. The molecule has 0 aromatic heterocycles. The highest BCUT2D eigenvalue weighted by atomic mass is 16.2. The van der Waals surface area contributed by atoms with Gasteiger partial charge in [0.05, 0.1) is 12.1 Å². The van der Waals surface area contributed by atoms with Crippen LogP contribution in [0.4, 0.5) is 0 Å². The number of benzene rings is 2. The summed E-state index contributed by atoms with van der Waals surface area (Å²) >= 11 is 0. The Labute approximate surface area is 196 Å². The maximum atomic E-state index is 13.3. The molecule has 33 heavy (non-hydrogen) atoms. The largest absolute Gasteiger partial charge is 0.341 e. The Morgan fingerprint density at radius 1 is 0.758 bits per heavy atom. The SMILES string of the molecule is CC1CC(C)CN(C(=O)CN2CCN(C(=O)c3ccccc3C(=O)c3ccccc3)CC2)C1. The fourth-order valence-corrected chi connectivity index (χ4v) is 5.05. The smallest absolute Gasteiger partial charge is 0.254 e. The van der Waals surface area contributed by atoms with E-state index in [4.69, 9.17) is 0 Å². The van der Waals surface area contributed by atoms with Crippen molar-refractivity contribution in [3.63, 3.8) is 0 Å². The molecule has 0 bridgehead atoms. The molecule has 174 valence electrons. The molecule has 2 atom stereocenters. The van der Waals surface area contributed by atoms with Gasteiger partial charge in [0.1, 0.15) is 0 Å². The molecule has 4 rings (SSSR count). The van der Waals surface area contributed by atoms with Crippen LogP contribution in [-0.4, -0.2) is 78.1 Å². The van der Waals surface area contributed by atoms with E-state index < -0.39 is 0 Å². The molecule has 0 aliphatic carbocycles. The van der Waals surface area contributed by atoms with Crippen molar-refractivity contribution in [2.24, 2.45) is 11.8 Å². The number of ketones is 1. The summed E-state index contributed by atoms with van der Waals surface area (Å²) in [5.41, 5.74) is 1.44. The van der Waals surface area contributed by atoms with E-state index in [1.807, 2.05) is 23.1 Å². The molecule has 0 saturated carbocycles. The number of hydrogen-bond donors (Lipinski definition) is 0. The number of amides is 2. The van der Waals surface area contributed by atoms with Crippen LogP contribution in [-0.2, 0) is 4.79 Å². The van der Waals surface area contributed by atoms with Crippen LogP contribution in [0.3, 0.4) is 0 Å². The van der Waals surface area contributed by atoms with Crippen LogP contribution in [0.5, 0.6) is 0 Å². The average molecular weight is 448 g/mol. The Hall–Kier alpha value is -2.99. The standard InChI is InChI=1S/C27H33N3O3/c1-20-16-21(2)18-30(17-20)25(31)19-28-12-14-29(15-13-28)27(33)24-11-7-6-10-23(24)26(32)22-8-4-3-5-9-22/h3-11,20-21H,12-19H2,1-2H3. The third-order valence-electron chi connectivity index (χ3n) is 6.68. The number of likely N-dealkylation sites (tertiary alicyclic amines) is 1. The monoisotopic (exact) mass is 447 g/mol. The molecule has 2 aliphatic rings. The molecule has 0 spiro atoms. The summed E-state index contributed by atoms with van der Waals surface area (Å²) in [6.45, 7) is 8.92. The summed E-state index contributed by atoms with van der Waals surface area (Å²) < 4.78 is 0. The van der Waals surface area contributed by atoms with Crippen LogP contribution >= 0.6 is 0 Å². The van der Waals surface area contributed by atoms with Gasteiger partial charge in [-0.3, -0.25) is 19.3 Å². The van der Waals surface area contributed by atoms with E-state index in [2.05, 4.69) is 18.7 Å². The van der Waals surface area contributed by atoms with Crippen molar-refractivity contribution in [3.8, 4) is 0 Å². The maximum Gasteiger partial charge on any atom is 0.254 e. The van der Waals surface area contributed by atoms with Crippen LogP contribution in [0, 0.1) is 11.8 Å². The normalized spacial score (nSPS) is 21.6. The first kappa shape index (κ1) is 23.2. The molecular formula is C27H33N3O3. The first-order chi connectivity index (χ1) is 15.9. The predicted octanol–water partition coefficient (Wildman–Crippen LogP) is 3.18. The Balaban J connectivity index is 1.36. The maximum absolute atomic E-state index is 13.3. The molecule has 2 aromatic carbocycles. The van der Waals surface area contributed by atoms with E-state index in [1.54, 1.807) is 41.3 Å². The van der Waals surface area contributed by atoms with Gasteiger partial charge in [-0.1, -0.05) is 62.4 Å². The van der Waals surface area contributed by atoms with Crippen molar-refractivity contribution in [1.29, 1.82) is 0 Å². The topological polar surface area (TPSA) is 60.9 Å². The molecule has 2 saturated heterocycles. The molecule has 2 aliphatic heterocycles. The minimum atomic E-state index is -0.145. The van der Waals surface area contributed by atoms with Crippen molar-refractivity contribution in [1.82, 2.24) is 14.7 Å². The summed E-state index contributed by atoms with van der Waals surface area (Å²) in [4.78, 5) is 45.0. The first-order valence-corrected chi connectivity index (χ1v) is 11.9. The number of nitrogens with zero attached hydrogens (tertiary/aromatic N) is 3. The third-order valence-corrected chi connectivity index (χ3v) is 6.68. The van der Waals surface area contributed by atoms with Gasteiger partial charge in [0.2, 0.25) is 5.91 Å². The van der Waals surface area contributed by atoms with Crippen molar-refractivity contribution in [3.05, 3.63) is 71.3 Å². The molecule has 2 amide bonds. The summed E-state index contributed by atoms with van der Waals surface area (Å²) in [5, 5.41) is 0. The van der Waals surface area contributed by atoms with Gasteiger partial charge < -0.3 is 9.80 Å². The lowest BCUT2D eigenvalue weighted by molar-refractivity contribution is -0.135. The summed E-state index contributed by atoms with van der Waals surface area (Å²) in [5.74, 6) is 1.01. The molecule has 6 heteroatoms. The van der Waals surface area contributed by atoms with Crippen molar-refractivity contribution in [2.75, 3.05) is 45.8 Å². The number of piperazine rings is 1. The minimum absolute atomic E-state index is 0.125.